The number of aromatic nitrogens is 2. The molecule has 0 spiro atoms. The summed E-state index contributed by atoms with van der Waals surface area (Å²) >= 11 is 0. The van der Waals surface area contributed by atoms with E-state index in [0.717, 1.165) is 11.6 Å². The molecular weight excluding hydrogens is 156 g/mol. The van der Waals surface area contributed by atoms with E-state index >= 15 is 0 Å². The van der Waals surface area contributed by atoms with Crippen LogP contribution in [0.2, 0.25) is 0 Å². The molecule has 0 aliphatic rings. The molecular formula is C8H10N2O2. The molecule has 1 rings (SSSR count). The Morgan fingerprint density at radius 3 is 2.83 bits per heavy atom. The number of carboxylic acid groups (broad SMARTS) is 1. The van der Waals surface area contributed by atoms with Gasteiger partial charge in [0.15, 0.2) is 0 Å². The molecule has 1 aromatic rings. The second-order valence-corrected chi connectivity index (χ2v) is 2.57. The quantitative estimate of drug-likeness (QED) is 0.664. The van der Waals surface area contributed by atoms with Crippen LogP contribution in [-0.2, 0) is 11.8 Å². The van der Waals surface area contributed by atoms with Gasteiger partial charge in [-0.25, -0.2) is 4.79 Å². The number of hydrogen-bond acceptors (Lipinski definition) is 2. The van der Waals surface area contributed by atoms with Crippen molar-refractivity contribution in [3.8, 4) is 0 Å². The molecule has 4 heteroatoms. The maximum absolute atomic E-state index is 10.3. The summed E-state index contributed by atoms with van der Waals surface area (Å²) in [5, 5.41) is 12.4. The van der Waals surface area contributed by atoms with Gasteiger partial charge in [-0.3, -0.25) is 4.68 Å². The van der Waals surface area contributed by atoms with Crippen LogP contribution in [0.4, 0.5) is 0 Å². The van der Waals surface area contributed by atoms with Gasteiger partial charge in [0, 0.05) is 24.9 Å². The Hall–Kier alpha value is -1.58. The molecule has 0 saturated carbocycles. The van der Waals surface area contributed by atoms with E-state index < -0.39 is 5.97 Å². The largest absolute Gasteiger partial charge is 0.478 e. The lowest BCUT2D eigenvalue weighted by Gasteiger charge is -1.91. The summed E-state index contributed by atoms with van der Waals surface area (Å²) in [6.07, 6.45) is 4.57. The van der Waals surface area contributed by atoms with E-state index in [1.54, 1.807) is 31.0 Å². The van der Waals surface area contributed by atoms with Crippen LogP contribution in [0.15, 0.2) is 18.5 Å². The van der Waals surface area contributed by atoms with Gasteiger partial charge in [0.25, 0.3) is 0 Å². The standard InChI is InChI=1S/C8H10N2O2/c1-6(3-8(11)12)7-4-9-10(2)5-7/h3-5H,1-2H3,(H,11,12)/b6-3+. The Morgan fingerprint density at radius 2 is 2.42 bits per heavy atom. The van der Waals surface area contributed by atoms with Crippen LogP contribution in [0.3, 0.4) is 0 Å². The van der Waals surface area contributed by atoms with Crippen molar-refractivity contribution < 1.29 is 9.90 Å². The van der Waals surface area contributed by atoms with E-state index in [9.17, 15) is 4.79 Å². The van der Waals surface area contributed by atoms with Crippen LogP contribution in [0.25, 0.3) is 5.57 Å². The highest BCUT2D eigenvalue weighted by Crippen LogP contribution is 2.10. The molecule has 0 saturated heterocycles. The molecule has 0 atom stereocenters. The fraction of sp³-hybridized carbons (Fsp3) is 0.250. The summed E-state index contributed by atoms with van der Waals surface area (Å²) in [6, 6.07) is 0. The first-order valence-electron chi connectivity index (χ1n) is 3.50. The number of rotatable bonds is 2. The normalized spacial score (nSPS) is 11.7. The molecule has 64 valence electrons. The average molecular weight is 166 g/mol. The second kappa shape index (κ2) is 3.21. The van der Waals surface area contributed by atoms with Crippen LogP contribution in [0, 0.1) is 0 Å². The zero-order chi connectivity index (χ0) is 9.14. The van der Waals surface area contributed by atoms with E-state index in [-0.39, 0.29) is 0 Å². The molecule has 0 aromatic carbocycles. The summed E-state index contributed by atoms with van der Waals surface area (Å²) in [7, 11) is 1.79. The van der Waals surface area contributed by atoms with Crippen molar-refractivity contribution in [1.82, 2.24) is 9.78 Å². The Bertz CT molecular complexity index is 326. The van der Waals surface area contributed by atoms with Crippen LogP contribution in [0.5, 0.6) is 0 Å². The number of aliphatic carboxylic acids is 1. The van der Waals surface area contributed by atoms with Crippen molar-refractivity contribution in [2.45, 2.75) is 6.92 Å². The molecule has 0 radical (unpaired) electrons. The highest BCUT2D eigenvalue weighted by Gasteiger charge is 1.99. The molecule has 0 aliphatic carbocycles. The predicted octanol–water partition coefficient (Wildman–Crippen LogP) is 0.908. The number of allylic oxidation sites excluding steroid dienone is 1. The van der Waals surface area contributed by atoms with E-state index in [0.29, 0.717) is 5.57 Å². The maximum atomic E-state index is 10.3. The minimum Gasteiger partial charge on any atom is -0.478 e. The SMILES string of the molecule is C/C(=C\C(=O)O)c1cnn(C)c1. The Morgan fingerprint density at radius 1 is 1.75 bits per heavy atom. The van der Waals surface area contributed by atoms with Crippen LogP contribution in [0.1, 0.15) is 12.5 Å². The fourth-order valence-electron chi connectivity index (χ4n) is 0.893. The van der Waals surface area contributed by atoms with Crippen LogP contribution < -0.4 is 0 Å². The van der Waals surface area contributed by atoms with Gasteiger partial charge in [-0.15, -0.1) is 0 Å². The first kappa shape index (κ1) is 8.52. The summed E-state index contributed by atoms with van der Waals surface area (Å²) in [5.74, 6) is -0.934. The molecule has 4 nitrogen and oxygen atoms in total. The van der Waals surface area contributed by atoms with E-state index in [1.165, 1.54) is 0 Å². The number of carboxylic acids is 1. The third-order valence-electron chi connectivity index (χ3n) is 1.50. The molecule has 0 aliphatic heterocycles. The van der Waals surface area contributed by atoms with Gasteiger partial charge in [-0.2, -0.15) is 5.10 Å². The topological polar surface area (TPSA) is 55.1 Å². The third kappa shape index (κ3) is 1.95. The van der Waals surface area contributed by atoms with E-state index in [1.807, 2.05) is 0 Å². The molecule has 12 heavy (non-hydrogen) atoms. The van der Waals surface area contributed by atoms with Crippen molar-refractivity contribution in [3.05, 3.63) is 24.0 Å². The summed E-state index contributed by atoms with van der Waals surface area (Å²) in [6.45, 7) is 1.74. The monoisotopic (exact) mass is 166 g/mol. The average Bonchev–Trinajstić information content (AvgIpc) is 2.34. The molecule has 1 heterocycles. The lowest BCUT2D eigenvalue weighted by Crippen LogP contribution is -1.89. The number of nitrogens with zero attached hydrogens (tertiary/aromatic N) is 2. The third-order valence-corrected chi connectivity index (χ3v) is 1.50. The van der Waals surface area contributed by atoms with Gasteiger partial charge in [-0.05, 0) is 12.5 Å². The molecule has 1 aromatic heterocycles. The summed E-state index contributed by atoms with van der Waals surface area (Å²) in [4.78, 5) is 10.3. The molecule has 0 unspecified atom stereocenters. The smallest absolute Gasteiger partial charge is 0.328 e. The van der Waals surface area contributed by atoms with Gasteiger partial charge in [0.2, 0.25) is 0 Å². The lowest BCUT2D eigenvalue weighted by atomic mass is 10.1. The maximum Gasteiger partial charge on any atom is 0.328 e. The van der Waals surface area contributed by atoms with Gasteiger partial charge >= 0.3 is 5.97 Å². The van der Waals surface area contributed by atoms with Gasteiger partial charge < -0.3 is 5.11 Å². The molecule has 0 amide bonds. The molecule has 0 fully saturated rings. The van der Waals surface area contributed by atoms with E-state index in [2.05, 4.69) is 5.10 Å². The predicted molar refractivity (Wildman–Crippen MR) is 44.5 cm³/mol. The van der Waals surface area contributed by atoms with Gasteiger partial charge in [0.1, 0.15) is 0 Å². The zero-order valence-corrected chi connectivity index (χ0v) is 6.98. The van der Waals surface area contributed by atoms with Crippen molar-refractivity contribution >= 4 is 11.5 Å². The summed E-state index contributed by atoms with van der Waals surface area (Å²) < 4.78 is 1.63. The lowest BCUT2D eigenvalue weighted by molar-refractivity contribution is -0.131. The Labute approximate surface area is 70.1 Å². The van der Waals surface area contributed by atoms with Crippen molar-refractivity contribution in [1.29, 1.82) is 0 Å². The van der Waals surface area contributed by atoms with Crippen LogP contribution >= 0.6 is 0 Å². The zero-order valence-electron chi connectivity index (χ0n) is 6.98. The first-order chi connectivity index (χ1) is 5.59. The van der Waals surface area contributed by atoms with Crippen molar-refractivity contribution in [2.75, 3.05) is 0 Å². The number of hydrogen-bond donors (Lipinski definition) is 1. The Balaban J connectivity index is 2.91. The number of carbonyl (C=O) groups is 1. The Kier molecular flexibility index (Phi) is 2.28. The minimum absolute atomic E-state index is 0.704. The fourth-order valence-corrected chi connectivity index (χ4v) is 0.893. The van der Waals surface area contributed by atoms with Crippen molar-refractivity contribution in [2.24, 2.45) is 7.05 Å². The highest BCUT2D eigenvalue weighted by atomic mass is 16.4. The van der Waals surface area contributed by atoms with E-state index in [4.69, 9.17) is 5.11 Å². The number of aryl methyl sites for hydroxylation is 1. The second-order valence-electron chi connectivity index (χ2n) is 2.57. The van der Waals surface area contributed by atoms with Crippen LogP contribution in [-0.4, -0.2) is 20.9 Å². The molecule has 1 N–H and O–H groups in total. The van der Waals surface area contributed by atoms with Gasteiger partial charge in [0.05, 0.1) is 6.20 Å². The summed E-state index contributed by atoms with van der Waals surface area (Å²) in [5.41, 5.74) is 1.54. The van der Waals surface area contributed by atoms with Crippen molar-refractivity contribution in [3.63, 3.8) is 0 Å². The first-order valence-corrected chi connectivity index (χ1v) is 3.50. The highest BCUT2D eigenvalue weighted by molar-refractivity contribution is 5.89. The minimum atomic E-state index is -0.934. The molecule has 0 bridgehead atoms. The van der Waals surface area contributed by atoms with Gasteiger partial charge in [-0.1, -0.05) is 0 Å².